The zero-order valence-corrected chi connectivity index (χ0v) is 8.29. The average molecular weight is 251 g/mol. The molecule has 0 aromatic carbocycles. The van der Waals surface area contributed by atoms with Crippen molar-refractivity contribution in [2.45, 2.75) is 19.8 Å². The number of halogens is 1. The van der Waals surface area contributed by atoms with Crippen LogP contribution in [0.3, 0.4) is 0 Å². The summed E-state index contributed by atoms with van der Waals surface area (Å²) in [6.45, 7) is 2.16. The van der Waals surface area contributed by atoms with Gasteiger partial charge in [-0.2, -0.15) is 0 Å². The fraction of sp³-hybridized carbons (Fsp3) is 0.667. The van der Waals surface area contributed by atoms with Crippen LogP contribution in [-0.2, 0) is 13.5 Å². The molecule has 0 atom stereocenters. The van der Waals surface area contributed by atoms with E-state index in [1.807, 2.05) is 11.7 Å². The molecule has 0 N–H and O–H groups in total. The summed E-state index contributed by atoms with van der Waals surface area (Å²) in [4.78, 5) is 0. The van der Waals surface area contributed by atoms with Crippen molar-refractivity contribution in [3.63, 3.8) is 0 Å². The minimum absolute atomic E-state index is 1.03. The normalized spacial score (nSPS) is 10.3. The van der Waals surface area contributed by atoms with Crippen molar-refractivity contribution >= 4 is 22.6 Å². The standard InChI is InChI=1S/C6H10IN3/c1-3-4-5-6(7)8-9-10(5)2/h3-4H2,1-2H3. The highest BCUT2D eigenvalue weighted by Gasteiger charge is 2.04. The lowest BCUT2D eigenvalue weighted by atomic mass is 10.3. The number of hydrogen-bond acceptors (Lipinski definition) is 2. The fourth-order valence-corrected chi connectivity index (χ4v) is 1.57. The smallest absolute Gasteiger partial charge is 0.146 e. The summed E-state index contributed by atoms with van der Waals surface area (Å²) in [5.41, 5.74) is 1.24. The van der Waals surface area contributed by atoms with Crippen LogP contribution in [0.1, 0.15) is 19.0 Å². The molecule has 0 saturated heterocycles. The second-order valence-electron chi connectivity index (χ2n) is 2.20. The molecule has 1 aromatic rings. The average Bonchev–Trinajstić information content (AvgIpc) is 2.20. The van der Waals surface area contributed by atoms with Crippen molar-refractivity contribution in [1.82, 2.24) is 15.0 Å². The van der Waals surface area contributed by atoms with Crippen LogP contribution in [0.5, 0.6) is 0 Å². The lowest BCUT2D eigenvalue weighted by Crippen LogP contribution is -1.98. The van der Waals surface area contributed by atoms with E-state index in [4.69, 9.17) is 0 Å². The van der Waals surface area contributed by atoms with Crippen LogP contribution >= 0.6 is 22.6 Å². The molecule has 4 heteroatoms. The third-order valence-corrected chi connectivity index (χ3v) is 2.22. The van der Waals surface area contributed by atoms with Crippen LogP contribution in [-0.4, -0.2) is 15.0 Å². The van der Waals surface area contributed by atoms with Gasteiger partial charge < -0.3 is 0 Å². The van der Waals surface area contributed by atoms with Crippen LogP contribution in [0.15, 0.2) is 0 Å². The zero-order valence-electron chi connectivity index (χ0n) is 6.13. The van der Waals surface area contributed by atoms with Crippen molar-refractivity contribution in [2.24, 2.45) is 7.05 Å². The SMILES string of the molecule is CCCc1c(I)nnn1C. The summed E-state index contributed by atoms with van der Waals surface area (Å²) < 4.78 is 2.87. The Balaban J connectivity index is 2.87. The van der Waals surface area contributed by atoms with E-state index in [9.17, 15) is 0 Å². The summed E-state index contributed by atoms with van der Waals surface area (Å²) in [7, 11) is 1.93. The molecule has 0 bridgehead atoms. The first kappa shape index (κ1) is 7.97. The van der Waals surface area contributed by atoms with Gasteiger partial charge in [-0.3, -0.25) is 4.68 Å². The van der Waals surface area contributed by atoms with Gasteiger partial charge in [-0.25, -0.2) is 0 Å². The highest BCUT2D eigenvalue weighted by molar-refractivity contribution is 14.1. The van der Waals surface area contributed by atoms with E-state index in [2.05, 4.69) is 39.8 Å². The summed E-state index contributed by atoms with van der Waals surface area (Å²) in [5, 5.41) is 7.83. The third kappa shape index (κ3) is 1.47. The van der Waals surface area contributed by atoms with Crippen molar-refractivity contribution < 1.29 is 0 Å². The first-order chi connectivity index (χ1) is 4.75. The maximum atomic E-state index is 3.93. The topological polar surface area (TPSA) is 30.7 Å². The highest BCUT2D eigenvalue weighted by Crippen LogP contribution is 2.08. The van der Waals surface area contributed by atoms with Gasteiger partial charge >= 0.3 is 0 Å². The number of aromatic nitrogens is 3. The van der Waals surface area contributed by atoms with Gasteiger partial charge in [-0.05, 0) is 29.0 Å². The van der Waals surface area contributed by atoms with E-state index in [-0.39, 0.29) is 0 Å². The van der Waals surface area contributed by atoms with Gasteiger partial charge in [0.1, 0.15) is 3.70 Å². The van der Waals surface area contributed by atoms with E-state index < -0.39 is 0 Å². The number of aryl methyl sites for hydroxylation is 1. The van der Waals surface area contributed by atoms with E-state index >= 15 is 0 Å². The molecule has 1 aromatic heterocycles. The molecule has 0 amide bonds. The summed E-state index contributed by atoms with van der Waals surface area (Å²) >= 11 is 2.21. The molecule has 0 unspecified atom stereocenters. The van der Waals surface area contributed by atoms with E-state index in [1.165, 1.54) is 5.69 Å². The largest absolute Gasteiger partial charge is 0.251 e. The van der Waals surface area contributed by atoms with Gasteiger partial charge in [0.05, 0.1) is 5.69 Å². The molecule has 0 aliphatic carbocycles. The van der Waals surface area contributed by atoms with E-state index in [0.29, 0.717) is 0 Å². The maximum absolute atomic E-state index is 3.93. The second-order valence-corrected chi connectivity index (χ2v) is 3.22. The molecule has 56 valence electrons. The Bertz CT molecular complexity index is 199. The van der Waals surface area contributed by atoms with Crippen LogP contribution in [0.2, 0.25) is 0 Å². The summed E-state index contributed by atoms with van der Waals surface area (Å²) in [6.07, 6.45) is 2.22. The molecular weight excluding hydrogens is 241 g/mol. The Labute approximate surface area is 73.9 Å². The Morgan fingerprint density at radius 3 is 2.70 bits per heavy atom. The maximum Gasteiger partial charge on any atom is 0.146 e. The first-order valence-electron chi connectivity index (χ1n) is 3.29. The quantitative estimate of drug-likeness (QED) is 0.743. The lowest BCUT2D eigenvalue weighted by molar-refractivity contribution is 0.669. The van der Waals surface area contributed by atoms with Crippen LogP contribution in [0.25, 0.3) is 0 Å². The molecule has 10 heavy (non-hydrogen) atoms. The number of nitrogens with zero attached hydrogens (tertiary/aromatic N) is 3. The Morgan fingerprint density at radius 2 is 2.30 bits per heavy atom. The predicted octanol–water partition coefficient (Wildman–Crippen LogP) is 1.37. The number of rotatable bonds is 2. The Kier molecular flexibility index (Phi) is 2.64. The zero-order chi connectivity index (χ0) is 7.56. The highest BCUT2D eigenvalue weighted by atomic mass is 127. The molecule has 3 nitrogen and oxygen atoms in total. The second kappa shape index (κ2) is 3.32. The summed E-state index contributed by atoms with van der Waals surface area (Å²) in [6, 6.07) is 0. The van der Waals surface area contributed by atoms with Crippen molar-refractivity contribution in [2.75, 3.05) is 0 Å². The van der Waals surface area contributed by atoms with Crippen molar-refractivity contribution in [3.05, 3.63) is 9.39 Å². The van der Waals surface area contributed by atoms with Crippen LogP contribution in [0.4, 0.5) is 0 Å². The van der Waals surface area contributed by atoms with Gasteiger partial charge in [0.25, 0.3) is 0 Å². The molecule has 1 rings (SSSR count). The van der Waals surface area contributed by atoms with Gasteiger partial charge in [0.2, 0.25) is 0 Å². The van der Waals surface area contributed by atoms with E-state index in [1.54, 1.807) is 0 Å². The van der Waals surface area contributed by atoms with Crippen LogP contribution < -0.4 is 0 Å². The Morgan fingerprint density at radius 1 is 1.60 bits per heavy atom. The molecule has 0 aliphatic heterocycles. The molecule has 0 saturated carbocycles. The van der Waals surface area contributed by atoms with Gasteiger partial charge in [-0.1, -0.05) is 18.6 Å². The first-order valence-corrected chi connectivity index (χ1v) is 4.37. The van der Waals surface area contributed by atoms with Gasteiger partial charge in [0, 0.05) is 7.05 Å². The predicted molar refractivity (Wildman–Crippen MR) is 47.7 cm³/mol. The van der Waals surface area contributed by atoms with Crippen molar-refractivity contribution in [1.29, 1.82) is 0 Å². The molecule has 0 aliphatic rings. The minimum Gasteiger partial charge on any atom is -0.251 e. The summed E-state index contributed by atoms with van der Waals surface area (Å²) in [5.74, 6) is 0. The van der Waals surface area contributed by atoms with Gasteiger partial charge in [0.15, 0.2) is 0 Å². The monoisotopic (exact) mass is 251 g/mol. The van der Waals surface area contributed by atoms with Gasteiger partial charge in [-0.15, -0.1) is 5.10 Å². The van der Waals surface area contributed by atoms with Crippen molar-refractivity contribution in [3.8, 4) is 0 Å². The molecule has 0 radical (unpaired) electrons. The third-order valence-electron chi connectivity index (χ3n) is 1.38. The molecule has 0 fully saturated rings. The lowest BCUT2D eigenvalue weighted by Gasteiger charge is -1.96. The Hall–Kier alpha value is -0.130. The molecule has 0 spiro atoms. The molecular formula is C6H10IN3. The molecule has 1 heterocycles. The fourth-order valence-electron chi connectivity index (χ4n) is 0.853. The minimum atomic E-state index is 1.03. The number of hydrogen-bond donors (Lipinski definition) is 0. The van der Waals surface area contributed by atoms with Crippen LogP contribution in [0, 0.1) is 3.70 Å². The van der Waals surface area contributed by atoms with E-state index in [0.717, 1.165) is 16.5 Å².